The maximum atomic E-state index is 12.7. The molecule has 0 aliphatic rings. The first-order valence-electron chi connectivity index (χ1n) is 8.93. The molecule has 156 valence electrons. The summed E-state index contributed by atoms with van der Waals surface area (Å²) in [7, 11) is 1.55. The third kappa shape index (κ3) is 4.69. The first kappa shape index (κ1) is 21.1. The monoisotopic (exact) mass is 431 g/mol. The predicted molar refractivity (Wildman–Crippen MR) is 109 cm³/mol. The summed E-state index contributed by atoms with van der Waals surface area (Å²) in [6, 6.07) is 12.5. The number of aromatic nitrogens is 2. The van der Waals surface area contributed by atoms with Gasteiger partial charge in [0.25, 0.3) is 5.69 Å². The summed E-state index contributed by atoms with van der Waals surface area (Å²) < 4.78 is 11.5. The molecule has 0 aliphatic heterocycles. The first-order valence-corrected chi connectivity index (χ1v) is 9.80. The fourth-order valence-electron chi connectivity index (χ4n) is 2.61. The Morgan fingerprint density at radius 3 is 2.50 bits per heavy atom. The molecule has 0 fully saturated rings. The quantitative estimate of drug-likeness (QED) is 0.243. The van der Waals surface area contributed by atoms with Crippen LogP contribution in [0.1, 0.15) is 13.3 Å². The number of non-ortho nitro benzene ring substituents is 1. The lowest BCUT2D eigenvalue weighted by Gasteiger charge is -2.12. The van der Waals surface area contributed by atoms with Crippen LogP contribution in [0.4, 0.5) is 11.4 Å². The largest absolute Gasteiger partial charge is 0.497 e. The molecular formula is C19H19N4O6S+. The Morgan fingerprint density at radius 2 is 1.93 bits per heavy atom. The Labute approximate surface area is 174 Å². The van der Waals surface area contributed by atoms with Gasteiger partial charge in [-0.05, 0) is 52.4 Å². The van der Waals surface area contributed by atoms with E-state index in [1.165, 1.54) is 28.9 Å². The van der Waals surface area contributed by atoms with Crippen LogP contribution in [0.2, 0.25) is 0 Å². The molecule has 0 radical (unpaired) electrons. The molecule has 1 heterocycles. The van der Waals surface area contributed by atoms with Crippen molar-refractivity contribution in [1.82, 2.24) is 5.27 Å². The maximum absolute atomic E-state index is 12.7. The summed E-state index contributed by atoms with van der Waals surface area (Å²) >= 11 is 1.06. The summed E-state index contributed by atoms with van der Waals surface area (Å²) in [4.78, 5) is 35.1. The SMILES string of the molecule is CCC(Sc1c(=O)o[nH][n+]1-c1ccc(OC)cc1)C(=O)Nc1ccc([N+](=O)[O-])cc1. The number of methoxy groups -OCH3 is 1. The van der Waals surface area contributed by atoms with E-state index in [1.54, 1.807) is 31.4 Å². The highest BCUT2D eigenvalue weighted by Gasteiger charge is 2.30. The number of thioether (sulfide) groups is 1. The Kier molecular flexibility index (Phi) is 6.52. The molecule has 3 aromatic rings. The van der Waals surface area contributed by atoms with Gasteiger partial charge in [-0.25, -0.2) is 4.79 Å². The first-order chi connectivity index (χ1) is 14.4. The molecule has 1 aromatic heterocycles. The van der Waals surface area contributed by atoms with Crippen molar-refractivity contribution in [3.8, 4) is 11.4 Å². The number of ether oxygens (including phenoxy) is 1. The molecule has 2 aromatic carbocycles. The van der Waals surface area contributed by atoms with Crippen molar-refractivity contribution >= 4 is 29.0 Å². The number of nitrogens with one attached hydrogen (secondary N) is 2. The number of nitro groups is 1. The van der Waals surface area contributed by atoms with Gasteiger partial charge in [0, 0.05) is 30.0 Å². The van der Waals surface area contributed by atoms with Crippen LogP contribution in [0.3, 0.4) is 0 Å². The molecule has 11 heteroatoms. The number of nitrogens with zero attached hydrogens (tertiary/aromatic N) is 2. The Hall–Kier alpha value is -3.60. The van der Waals surface area contributed by atoms with E-state index in [-0.39, 0.29) is 16.6 Å². The number of aromatic amines is 1. The number of hydrogen-bond donors (Lipinski definition) is 2. The van der Waals surface area contributed by atoms with Crippen molar-refractivity contribution in [2.75, 3.05) is 12.4 Å². The number of amides is 1. The van der Waals surface area contributed by atoms with E-state index in [1.807, 2.05) is 6.92 Å². The Morgan fingerprint density at radius 1 is 1.27 bits per heavy atom. The predicted octanol–water partition coefficient (Wildman–Crippen LogP) is 2.67. The van der Waals surface area contributed by atoms with Gasteiger partial charge in [0.05, 0.1) is 17.3 Å². The highest BCUT2D eigenvalue weighted by atomic mass is 32.2. The van der Waals surface area contributed by atoms with Crippen LogP contribution in [0.15, 0.2) is 62.9 Å². The highest BCUT2D eigenvalue weighted by molar-refractivity contribution is 8.00. The summed E-state index contributed by atoms with van der Waals surface area (Å²) in [5.74, 6) is 0.325. The van der Waals surface area contributed by atoms with Crippen molar-refractivity contribution in [2.24, 2.45) is 0 Å². The second-order valence-corrected chi connectivity index (χ2v) is 7.32. The van der Waals surface area contributed by atoms with Crippen LogP contribution in [-0.2, 0) is 4.79 Å². The van der Waals surface area contributed by atoms with Crippen molar-refractivity contribution in [3.05, 3.63) is 69.1 Å². The van der Waals surface area contributed by atoms with E-state index in [9.17, 15) is 19.7 Å². The van der Waals surface area contributed by atoms with Gasteiger partial charge >= 0.3 is 10.7 Å². The zero-order chi connectivity index (χ0) is 21.7. The number of rotatable bonds is 8. The summed E-state index contributed by atoms with van der Waals surface area (Å²) in [5.41, 5.74) is 0.390. The van der Waals surface area contributed by atoms with Crippen LogP contribution in [0.5, 0.6) is 5.75 Å². The zero-order valence-corrected chi connectivity index (χ0v) is 17.0. The maximum Gasteiger partial charge on any atom is 0.442 e. The number of anilines is 1. The van der Waals surface area contributed by atoms with E-state index < -0.39 is 15.8 Å². The molecule has 0 saturated heterocycles. The van der Waals surface area contributed by atoms with E-state index in [4.69, 9.17) is 9.26 Å². The minimum absolute atomic E-state index is 0.0696. The fraction of sp³-hybridized carbons (Fsp3) is 0.211. The molecule has 0 saturated carbocycles. The van der Waals surface area contributed by atoms with Crippen LogP contribution in [0.25, 0.3) is 5.69 Å². The van der Waals surface area contributed by atoms with Crippen molar-refractivity contribution in [1.29, 1.82) is 0 Å². The number of carbonyl (C=O) groups is 1. The lowest BCUT2D eigenvalue weighted by molar-refractivity contribution is -0.704. The molecule has 30 heavy (non-hydrogen) atoms. The van der Waals surface area contributed by atoms with Crippen molar-refractivity contribution < 1.29 is 23.7 Å². The topological polar surface area (TPSA) is 131 Å². The molecule has 0 bridgehead atoms. The van der Waals surface area contributed by atoms with Crippen LogP contribution in [-0.4, -0.2) is 28.5 Å². The molecule has 0 aliphatic carbocycles. The van der Waals surface area contributed by atoms with Gasteiger partial charge in [0.1, 0.15) is 5.75 Å². The minimum Gasteiger partial charge on any atom is -0.497 e. The normalized spacial score (nSPS) is 11.7. The van der Waals surface area contributed by atoms with Crippen LogP contribution >= 0.6 is 11.8 Å². The van der Waals surface area contributed by atoms with Gasteiger partial charge in [0.2, 0.25) is 11.6 Å². The second-order valence-electron chi connectivity index (χ2n) is 6.13. The molecule has 2 N–H and O–H groups in total. The van der Waals surface area contributed by atoms with E-state index in [2.05, 4.69) is 10.6 Å². The molecule has 1 unspecified atom stereocenters. The van der Waals surface area contributed by atoms with Crippen molar-refractivity contribution in [2.45, 2.75) is 23.6 Å². The summed E-state index contributed by atoms with van der Waals surface area (Å²) in [6.45, 7) is 1.82. The van der Waals surface area contributed by atoms with E-state index >= 15 is 0 Å². The Balaban J connectivity index is 1.78. The number of nitro benzene ring substituents is 1. The average Bonchev–Trinajstić information content (AvgIpc) is 3.12. The third-order valence-electron chi connectivity index (χ3n) is 4.20. The van der Waals surface area contributed by atoms with Crippen LogP contribution in [0, 0.1) is 10.1 Å². The zero-order valence-electron chi connectivity index (χ0n) is 16.2. The van der Waals surface area contributed by atoms with Crippen LogP contribution < -0.4 is 20.4 Å². The fourth-order valence-corrected chi connectivity index (χ4v) is 3.60. The summed E-state index contributed by atoms with van der Waals surface area (Å²) in [6.07, 6.45) is 0.441. The number of benzene rings is 2. The van der Waals surface area contributed by atoms with Gasteiger partial charge < -0.3 is 10.1 Å². The molecular weight excluding hydrogens is 412 g/mol. The van der Waals surface area contributed by atoms with Gasteiger partial charge in [-0.3, -0.25) is 19.4 Å². The molecule has 1 atom stereocenters. The number of carbonyl (C=O) groups excluding carboxylic acids is 1. The van der Waals surface area contributed by atoms with Gasteiger partial charge in [-0.1, -0.05) is 6.92 Å². The third-order valence-corrected chi connectivity index (χ3v) is 5.61. The highest BCUT2D eigenvalue weighted by Crippen LogP contribution is 2.24. The van der Waals surface area contributed by atoms with Crippen molar-refractivity contribution in [3.63, 3.8) is 0 Å². The summed E-state index contributed by atoms with van der Waals surface area (Å²) in [5, 5.41) is 15.6. The lowest BCUT2D eigenvalue weighted by atomic mass is 10.2. The van der Waals surface area contributed by atoms with E-state index in [0.29, 0.717) is 23.5 Å². The number of hydrogen-bond acceptors (Lipinski definition) is 7. The van der Waals surface area contributed by atoms with Gasteiger partial charge in [-0.2, -0.15) is 0 Å². The molecule has 0 spiro atoms. The van der Waals surface area contributed by atoms with E-state index in [0.717, 1.165) is 11.8 Å². The molecule has 1 amide bonds. The standard InChI is InChI=1S/C19H18N4O6S/c1-3-16(17(24)20-12-4-6-14(7-5-12)23(26)27)30-18-19(25)29-21-22(18)13-8-10-15(28-2)11-9-13/h4-11,16H,3H2,1-2H3,(H-,20,21,24,25)/p+1. The number of H-pyrrole nitrogens is 1. The molecule has 10 nitrogen and oxygen atoms in total. The van der Waals surface area contributed by atoms with Gasteiger partial charge in [0.15, 0.2) is 0 Å². The second kappa shape index (κ2) is 9.27. The minimum atomic E-state index is -0.600. The lowest BCUT2D eigenvalue weighted by Crippen LogP contribution is -2.37. The molecule has 3 rings (SSSR count). The van der Waals surface area contributed by atoms with Gasteiger partial charge in [-0.15, -0.1) is 0 Å². The smallest absolute Gasteiger partial charge is 0.442 e. The average molecular weight is 431 g/mol. The Bertz CT molecular complexity index is 1090.